The van der Waals surface area contributed by atoms with Crippen molar-refractivity contribution < 1.29 is 20.8 Å². The van der Waals surface area contributed by atoms with Crippen molar-refractivity contribution in [2.24, 2.45) is 0 Å². The van der Waals surface area contributed by atoms with Gasteiger partial charge in [-0.15, -0.1) is 0 Å². The number of nitrogens with zero attached hydrogens (tertiary/aromatic N) is 1. The van der Waals surface area contributed by atoms with Gasteiger partial charge < -0.3 is 20.1 Å². The van der Waals surface area contributed by atoms with Crippen LogP contribution in [0.2, 0.25) is 0 Å². The third kappa shape index (κ3) is 2.35. The maximum absolute atomic E-state index is 11.7. The van der Waals surface area contributed by atoms with E-state index in [4.69, 9.17) is 6.11 Å². The molecule has 112 valence electrons. The summed E-state index contributed by atoms with van der Waals surface area (Å²) in [4.78, 5) is 24.3. The topological polar surface area (TPSA) is 78.9 Å². The Morgan fingerprint density at radius 3 is 3.00 bits per heavy atom. The molecule has 3 rings (SSSR count). The Balaban J connectivity index is 1.97. The fourth-order valence-corrected chi connectivity index (χ4v) is 3.05. The average Bonchev–Trinajstić information content (AvgIpc) is 2.74. The lowest BCUT2D eigenvalue weighted by atomic mass is 9.92. The number of hydrogen-bond donors (Lipinski definition) is 2. The van der Waals surface area contributed by atoms with Crippen molar-refractivity contribution in [2.45, 2.75) is 32.5 Å². The number of rotatable bonds is 1. The van der Waals surface area contributed by atoms with Gasteiger partial charge in [-0.1, -0.05) is 6.07 Å². The first-order valence-electron chi connectivity index (χ1n) is 7.46. The molecule has 0 aromatic heterocycles. The summed E-state index contributed by atoms with van der Waals surface area (Å²) >= 11 is 0. The van der Waals surface area contributed by atoms with Crippen LogP contribution in [0.4, 0.5) is 4.79 Å². The third-order valence-electron chi connectivity index (χ3n) is 4.09. The molecule has 1 aromatic carbocycles. The van der Waals surface area contributed by atoms with Crippen LogP contribution in [0.15, 0.2) is 12.1 Å². The fourth-order valence-electron chi connectivity index (χ4n) is 3.05. The molecule has 2 aliphatic heterocycles. The number of cyclic esters (lactones) is 1. The minimum Gasteiger partial charge on any atom is -0.465 e. The summed E-state index contributed by atoms with van der Waals surface area (Å²) in [6, 6.07) is 3.37. The fraction of sp³-hybridized carbons (Fsp3) is 0.467. The maximum Gasteiger partial charge on any atom is 0.407 e. The lowest BCUT2D eigenvalue weighted by Gasteiger charge is -2.37. The van der Waals surface area contributed by atoms with E-state index in [0.717, 1.165) is 11.1 Å². The predicted molar refractivity (Wildman–Crippen MR) is 75.2 cm³/mol. The minimum absolute atomic E-state index is 0.0344. The van der Waals surface area contributed by atoms with Crippen molar-refractivity contribution in [2.75, 3.05) is 13.1 Å². The molecule has 2 heterocycles. The summed E-state index contributed by atoms with van der Waals surface area (Å²) in [6.45, 7) is 3.57. The Labute approximate surface area is 124 Å². The first-order chi connectivity index (χ1) is 10.4. The van der Waals surface area contributed by atoms with E-state index in [-0.39, 0.29) is 12.1 Å². The Kier molecular flexibility index (Phi) is 3.03. The van der Waals surface area contributed by atoms with Gasteiger partial charge in [0.1, 0.15) is 6.58 Å². The zero-order valence-corrected chi connectivity index (χ0v) is 11.9. The van der Waals surface area contributed by atoms with Crippen molar-refractivity contribution >= 4 is 12.1 Å². The lowest BCUT2D eigenvalue weighted by molar-refractivity contribution is 0.0534. The van der Waals surface area contributed by atoms with Crippen LogP contribution in [0.25, 0.3) is 0 Å². The van der Waals surface area contributed by atoms with Crippen molar-refractivity contribution in [3.05, 3.63) is 34.4 Å². The van der Waals surface area contributed by atoms with Gasteiger partial charge >= 0.3 is 12.1 Å². The van der Waals surface area contributed by atoms with E-state index < -0.39 is 18.6 Å². The first-order valence-corrected chi connectivity index (χ1v) is 6.89. The Morgan fingerprint density at radius 1 is 1.52 bits per heavy atom. The number of hydrogen-bond acceptors (Lipinski definition) is 4. The van der Waals surface area contributed by atoms with Gasteiger partial charge in [0.15, 0.2) is 0 Å². The van der Waals surface area contributed by atoms with E-state index in [1.54, 1.807) is 6.07 Å². The molecule has 1 fully saturated rings. The van der Waals surface area contributed by atoms with Gasteiger partial charge in [0.2, 0.25) is 0 Å². The number of piperazine rings is 1. The molecular weight excluding hydrogens is 272 g/mol. The molecule has 0 aliphatic carbocycles. The standard InChI is InChI=1S/C15H18N2O4/c1-8-5-17(15(19)20)6-13(16-8)10-3-4-11-12(9(10)2)7-21-14(11)18/h3-4,8,13,16H,5-7H2,1-2H3,(H,19,20)/t8-,13-/m0/s1/i7D/t7?,8-,13-. The molecule has 3 atom stereocenters. The quantitative estimate of drug-likeness (QED) is 0.770. The average molecular weight is 291 g/mol. The summed E-state index contributed by atoms with van der Waals surface area (Å²) < 4.78 is 12.8. The van der Waals surface area contributed by atoms with Crippen molar-refractivity contribution in [1.29, 1.82) is 0 Å². The third-order valence-corrected chi connectivity index (χ3v) is 4.09. The van der Waals surface area contributed by atoms with Crippen LogP contribution in [-0.2, 0) is 11.3 Å². The summed E-state index contributed by atoms with van der Waals surface area (Å²) in [5.41, 5.74) is 2.75. The molecule has 6 nitrogen and oxygen atoms in total. The Hall–Kier alpha value is -2.08. The summed E-state index contributed by atoms with van der Waals surface area (Å²) in [6.07, 6.45) is -0.936. The number of carbonyl (C=O) groups excluding carboxylic acids is 1. The highest BCUT2D eigenvalue weighted by Gasteiger charge is 2.31. The molecule has 21 heavy (non-hydrogen) atoms. The van der Waals surface area contributed by atoms with E-state index in [0.29, 0.717) is 24.2 Å². The molecule has 0 bridgehead atoms. The molecule has 1 unspecified atom stereocenters. The Morgan fingerprint density at radius 2 is 2.29 bits per heavy atom. The number of amides is 1. The second-order valence-corrected chi connectivity index (χ2v) is 5.57. The number of fused-ring (bicyclic) bond motifs is 1. The van der Waals surface area contributed by atoms with Gasteiger partial charge in [0.25, 0.3) is 0 Å². The van der Waals surface area contributed by atoms with Crippen LogP contribution >= 0.6 is 0 Å². The molecular formula is C15H18N2O4. The zero-order chi connectivity index (χ0) is 16.0. The van der Waals surface area contributed by atoms with Crippen LogP contribution in [-0.4, -0.2) is 41.2 Å². The van der Waals surface area contributed by atoms with Crippen LogP contribution in [0.1, 0.15) is 41.4 Å². The molecule has 0 spiro atoms. The smallest absolute Gasteiger partial charge is 0.407 e. The normalized spacial score (nSPS) is 28.9. The number of esters is 1. The van der Waals surface area contributed by atoms with Crippen LogP contribution in [0, 0.1) is 6.92 Å². The molecule has 6 heteroatoms. The predicted octanol–water partition coefficient (Wildman–Crippen LogP) is 1.68. The number of benzene rings is 1. The van der Waals surface area contributed by atoms with E-state index >= 15 is 0 Å². The number of carboxylic acid groups (broad SMARTS) is 1. The highest BCUT2D eigenvalue weighted by atomic mass is 16.5. The SMILES string of the molecule is [2H]C1OC(=O)c2ccc([C@@H]3CN(C(=O)O)C[C@H](C)N3)c(C)c21. The zero-order valence-electron chi connectivity index (χ0n) is 12.9. The van der Waals surface area contributed by atoms with Crippen molar-refractivity contribution in [3.63, 3.8) is 0 Å². The molecule has 1 aromatic rings. The minimum atomic E-state index is -1.00. The molecule has 2 N–H and O–H groups in total. The highest BCUT2D eigenvalue weighted by molar-refractivity contribution is 5.94. The van der Waals surface area contributed by atoms with Crippen molar-refractivity contribution in [1.82, 2.24) is 10.2 Å². The number of nitrogens with one attached hydrogen (secondary N) is 1. The summed E-state index contributed by atoms with van der Waals surface area (Å²) in [5.74, 6) is -0.471. The van der Waals surface area contributed by atoms with Gasteiger partial charge in [-0.05, 0) is 31.0 Å². The Bertz CT molecular complexity index is 649. The number of ether oxygens (including phenoxy) is 1. The highest BCUT2D eigenvalue weighted by Crippen LogP contribution is 2.30. The van der Waals surface area contributed by atoms with Gasteiger partial charge in [0, 0.05) is 24.7 Å². The molecule has 1 amide bonds. The van der Waals surface area contributed by atoms with E-state index in [1.165, 1.54) is 4.90 Å². The maximum atomic E-state index is 11.7. The second kappa shape index (κ2) is 5.04. The summed E-state index contributed by atoms with van der Waals surface area (Å²) in [7, 11) is 0. The largest absolute Gasteiger partial charge is 0.465 e. The molecule has 0 saturated carbocycles. The van der Waals surface area contributed by atoms with E-state index in [2.05, 4.69) is 5.32 Å². The number of carbonyl (C=O) groups is 2. The van der Waals surface area contributed by atoms with Gasteiger partial charge in [-0.25, -0.2) is 9.59 Å². The van der Waals surface area contributed by atoms with E-state index in [1.807, 2.05) is 19.9 Å². The molecule has 2 aliphatic rings. The molecule has 1 saturated heterocycles. The van der Waals surface area contributed by atoms with Gasteiger partial charge in [-0.3, -0.25) is 0 Å². The molecule has 0 radical (unpaired) electrons. The van der Waals surface area contributed by atoms with Gasteiger partial charge in [0.05, 0.1) is 13.0 Å². The van der Waals surface area contributed by atoms with E-state index in [9.17, 15) is 14.7 Å². The summed E-state index contributed by atoms with van der Waals surface area (Å²) in [5, 5.41) is 12.6. The monoisotopic (exact) mass is 291 g/mol. The van der Waals surface area contributed by atoms with Crippen molar-refractivity contribution in [3.8, 4) is 0 Å². The van der Waals surface area contributed by atoms with Crippen LogP contribution < -0.4 is 5.32 Å². The first kappa shape index (κ1) is 12.6. The lowest BCUT2D eigenvalue weighted by Crippen LogP contribution is -2.52. The van der Waals surface area contributed by atoms with Crippen LogP contribution in [0.5, 0.6) is 0 Å². The van der Waals surface area contributed by atoms with Crippen LogP contribution in [0.3, 0.4) is 0 Å². The van der Waals surface area contributed by atoms with Gasteiger partial charge in [-0.2, -0.15) is 0 Å². The second-order valence-electron chi connectivity index (χ2n) is 5.57.